The fraction of sp³-hybridized carbons (Fsp3) is 0. The first-order valence-corrected chi connectivity index (χ1v) is 20.7. The number of para-hydroxylation sites is 1. The van der Waals surface area contributed by atoms with E-state index in [0.29, 0.717) is 17.5 Å². The van der Waals surface area contributed by atoms with Crippen molar-refractivity contribution in [1.82, 2.24) is 15.0 Å². The lowest BCUT2D eigenvalue weighted by atomic mass is 9.87. The molecule has 4 nitrogen and oxygen atoms in total. The van der Waals surface area contributed by atoms with Crippen LogP contribution in [0, 0.1) is 0 Å². The molecule has 0 saturated carbocycles. The summed E-state index contributed by atoms with van der Waals surface area (Å²) in [5, 5.41) is 7.07. The molecule has 0 bridgehead atoms. The molecule has 2 heterocycles. The first-order valence-electron chi connectivity index (χ1n) is 20.7. The summed E-state index contributed by atoms with van der Waals surface area (Å²) in [6, 6.07) is 77.7. The van der Waals surface area contributed by atoms with Crippen molar-refractivity contribution in [3.05, 3.63) is 218 Å². The Morgan fingerprint density at radius 1 is 0.279 bits per heavy atom. The number of hydrogen-bond acceptors (Lipinski definition) is 4. The third-order valence-electron chi connectivity index (χ3n) is 12.0. The molecule has 11 aromatic rings. The zero-order chi connectivity index (χ0) is 40.3. The molecule has 0 saturated heterocycles. The Balaban J connectivity index is 1.04. The van der Waals surface area contributed by atoms with Gasteiger partial charge in [0.15, 0.2) is 17.5 Å². The van der Waals surface area contributed by atoms with E-state index < -0.39 is 0 Å². The summed E-state index contributed by atoms with van der Waals surface area (Å²) in [5.41, 5.74) is 13.3. The van der Waals surface area contributed by atoms with Crippen LogP contribution in [0.3, 0.4) is 0 Å². The maximum Gasteiger partial charge on any atom is 0.164 e. The molecule has 10 aromatic carbocycles. The van der Waals surface area contributed by atoms with Gasteiger partial charge in [-0.25, -0.2) is 15.0 Å². The van der Waals surface area contributed by atoms with Gasteiger partial charge in [-0.1, -0.05) is 176 Å². The van der Waals surface area contributed by atoms with Gasteiger partial charge in [-0.2, -0.15) is 0 Å². The average molecular weight is 777 g/mol. The van der Waals surface area contributed by atoms with Crippen molar-refractivity contribution >= 4 is 49.4 Å². The van der Waals surface area contributed by atoms with Crippen LogP contribution in [0.5, 0.6) is 0 Å². The number of aromatic nitrogens is 3. The number of hydrogen-bond donors (Lipinski definition) is 0. The second-order valence-electron chi connectivity index (χ2n) is 15.6. The van der Waals surface area contributed by atoms with Crippen molar-refractivity contribution in [2.75, 3.05) is 4.90 Å². The minimum atomic E-state index is 0.618. The minimum absolute atomic E-state index is 0.618. The Morgan fingerprint density at radius 3 is 1.48 bits per heavy atom. The van der Waals surface area contributed by atoms with E-state index in [1.165, 1.54) is 44.0 Å². The van der Waals surface area contributed by atoms with Crippen LogP contribution in [0.4, 0.5) is 17.1 Å². The van der Waals surface area contributed by atoms with Gasteiger partial charge in [-0.15, -0.1) is 0 Å². The summed E-state index contributed by atoms with van der Waals surface area (Å²) < 4.78 is 0. The SMILES string of the molecule is c1ccc(-c2ccc3cc(-c4nc(-c5ccc6c(c5)N(c5ccccc5)c5ccc(-c7ccccc7)c7cccc-6c57)nc(-c5ccc6ccccc6c5)n4)ccc3c2)cc1. The monoisotopic (exact) mass is 776 g/mol. The summed E-state index contributed by atoms with van der Waals surface area (Å²) in [6.45, 7) is 0. The summed E-state index contributed by atoms with van der Waals surface area (Å²) in [4.78, 5) is 18.1. The molecule has 0 amide bonds. The fourth-order valence-corrected chi connectivity index (χ4v) is 9.02. The molecular formula is C57H36N4. The molecule has 0 spiro atoms. The van der Waals surface area contributed by atoms with Crippen LogP contribution in [0.25, 0.3) is 99.9 Å². The molecule has 284 valence electrons. The fourth-order valence-electron chi connectivity index (χ4n) is 9.02. The molecule has 1 aliphatic heterocycles. The van der Waals surface area contributed by atoms with Crippen molar-refractivity contribution in [2.24, 2.45) is 0 Å². The first-order chi connectivity index (χ1) is 30.2. The van der Waals surface area contributed by atoms with Gasteiger partial charge in [0.2, 0.25) is 0 Å². The van der Waals surface area contributed by atoms with Crippen molar-refractivity contribution < 1.29 is 0 Å². The second kappa shape index (κ2) is 14.3. The van der Waals surface area contributed by atoms with Gasteiger partial charge in [0.25, 0.3) is 0 Å². The minimum Gasteiger partial charge on any atom is -0.309 e. The van der Waals surface area contributed by atoms with Crippen molar-refractivity contribution in [3.63, 3.8) is 0 Å². The van der Waals surface area contributed by atoms with Crippen LogP contribution in [-0.2, 0) is 0 Å². The van der Waals surface area contributed by atoms with E-state index in [1.807, 2.05) is 0 Å². The zero-order valence-electron chi connectivity index (χ0n) is 33.1. The molecule has 0 N–H and O–H groups in total. The smallest absolute Gasteiger partial charge is 0.164 e. The number of benzene rings is 10. The zero-order valence-corrected chi connectivity index (χ0v) is 33.1. The lowest BCUT2D eigenvalue weighted by Gasteiger charge is -2.34. The first kappa shape index (κ1) is 34.8. The highest BCUT2D eigenvalue weighted by Crippen LogP contribution is 2.53. The largest absolute Gasteiger partial charge is 0.309 e. The Bertz CT molecular complexity index is 3470. The quantitative estimate of drug-likeness (QED) is 0.169. The highest BCUT2D eigenvalue weighted by molar-refractivity contribution is 6.17. The van der Waals surface area contributed by atoms with E-state index in [-0.39, 0.29) is 0 Å². The molecule has 1 aliphatic rings. The molecule has 12 rings (SSSR count). The van der Waals surface area contributed by atoms with E-state index in [9.17, 15) is 0 Å². The third-order valence-corrected chi connectivity index (χ3v) is 12.0. The van der Waals surface area contributed by atoms with E-state index in [0.717, 1.165) is 55.5 Å². The van der Waals surface area contributed by atoms with E-state index in [4.69, 9.17) is 15.0 Å². The number of nitrogens with zero attached hydrogens (tertiary/aromatic N) is 4. The highest BCUT2D eigenvalue weighted by atomic mass is 15.2. The Labute approximate surface area is 353 Å². The van der Waals surface area contributed by atoms with Gasteiger partial charge in [0.1, 0.15) is 0 Å². The molecular weight excluding hydrogens is 741 g/mol. The Hall–Kier alpha value is -8.21. The van der Waals surface area contributed by atoms with Crippen LogP contribution in [0.2, 0.25) is 0 Å². The summed E-state index contributed by atoms with van der Waals surface area (Å²) in [5.74, 6) is 1.88. The average Bonchev–Trinajstić information content (AvgIpc) is 3.34. The molecule has 0 unspecified atom stereocenters. The normalized spacial score (nSPS) is 11.9. The van der Waals surface area contributed by atoms with Gasteiger partial charge >= 0.3 is 0 Å². The van der Waals surface area contributed by atoms with Crippen molar-refractivity contribution in [1.29, 1.82) is 0 Å². The Morgan fingerprint density at radius 2 is 0.787 bits per heavy atom. The summed E-state index contributed by atoms with van der Waals surface area (Å²) >= 11 is 0. The third kappa shape index (κ3) is 6.04. The van der Waals surface area contributed by atoms with E-state index in [1.54, 1.807) is 0 Å². The van der Waals surface area contributed by atoms with Crippen LogP contribution in [-0.4, -0.2) is 15.0 Å². The summed E-state index contributed by atoms with van der Waals surface area (Å²) in [7, 11) is 0. The second-order valence-corrected chi connectivity index (χ2v) is 15.6. The topological polar surface area (TPSA) is 41.9 Å². The number of fused-ring (bicyclic) bond motifs is 4. The maximum absolute atomic E-state index is 5.27. The molecule has 1 aromatic heterocycles. The van der Waals surface area contributed by atoms with Gasteiger partial charge in [0, 0.05) is 33.3 Å². The van der Waals surface area contributed by atoms with Crippen molar-refractivity contribution in [2.45, 2.75) is 0 Å². The van der Waals surface area contributed by atoms with Crippen LogP contribution < -0.4 is 4.90 Å². The van der Waals surface area contributed by atoms with Crippen LogP contribution in [0.15, 0.2) is 218 Å². The summed E-state index contributed by atoms with van der Waals surface area (Å²) in [6.07, 6.45) is 0. The molecule has 0 radical (unpaired) electrons. The Kier molecular flexibility index (Phi) is 8.13. The van der Waals surface area contributed by atoms with Crippen molar-refractivity contribution in [3.8, 4) is 67.5 Å². The van der Waals surface area contributed by atoms with Gasteiger partial charge in [-0.3, -0.25) is 0 Å². The van der Waals surface area contributed by atoms with Gasteiger partial charge in [0.05, 0.1) is 11.4 Å². The van der Waals surface area contributed by atoms with Crippen LogP contribution >= 0.6 is 0 Å². The van der Waals surface area contributed by atoms with Crippen LogP contribution in [0.1, 0.15) is 0 Å². The predicted octanol–water partition coefficient (Wildman–Crippen LogP) is 15.1. The lowest BCUT2D eigenvalue weighted by Crippen LogP contribution is -2.15. The molecule has 61 heavy (non-hydrogen) atoms. The van der Waals surface area contributed by atoms with Gasteiger partial charge in [-0.05, 0) is 97.2 Å². The lowest BCUT2D eigenvalue weighted by molar-refractivity contribution is 1.07. The van der Waals surface area contributed by atoms with E-state index >= 15 is 0 Å². The maximum atomic E-state index is 5.27. The molecule has 0 aliphatic carbocycles. The van der Waals surface area contributed by atoms with E-state index in [2.05, 4.69) is 223 Å². The molecule has 4 heteroatoms. The number of rotatable bonds is 6. The predicted molar refractivity (Wildman–Crippen MR) is 253 cm³/mol. The highest BCUT2D eigenvalue weighted by Gasteiger charge is 2.28. The standard InChI is InChI=1S/C57H36N4/c1-4-13-37(14-5-1)41-24-25-43-35-45(28-26-42(43)33-41)56-58-55(44-27-23-38-15-10-11-18-40(38)34-44)59-57(60-56)46-29-30-49-51-22-12-21-50-48(39-16-6-2-7-17-39)31-32-52(54(50)51)61(53(49)36-46)47-19-8-3-9-20-47/h1-36H. The molecule has 0 fully saturated rings. The number of anilines is 3. The molecule has 0 atom stereocenters. The van der Waals surface area contributed by atoms with Gasteiger partial charge < -0.3 is 4.90 Å².